The van der Waals surface area contributed by atoms with Crippen molar-refractivity contribution in [2.75, 3.05) is 56.9 Å². The number of pyridine rings is 2. The third kappa shape index (κ3) is 3.60. The summed E-state index contributed by atoms with van der Waals surface area (Å²) in [6.07, 6.45) is 1.27. The molecular formula is C24H25N5O5. The van der Waals surface area contributed by atoms with E-state index in [1.165, 1.54) is 0 Å². The lowest BCUT2D eigenvalue weighted by molar-refractivity contribution is 0.0957. The number of ether oxygens (including phenoxy) is 4. The maximum atomic E-state index is 12.5. The summed E-state index contributed by atoms with van der Waals surface area (Å²) in [5.74, 6) is 1.92. The lowest BCUT2D eigenvalue weighted by Gasteiger charge is -2.45. The van der Waals surface area contributed by atoms with Crippen molar-refractivity contribution in [2.45, 2.75) is 12.1 Å². The van der Waals surface area contributed by atoms with E-state index in [0.717, 1.165) is 35.5 Å². The van der Waals surface area contributed by atoms with Crippen LogP contribution >= 0.6 is 0 Å². The number of cyclic esters (lactones) is 1. The highest BCUT2D eigenvalue weighted by atomic mass is 16.7. The van der Waals surface area contributed by atoms with Crippen LogP contribution in [0.25, 0.3) is 11.0 Å². The first kappa shape index (κ1) is 20.8. The van der Waals surface area contributed by atoms with Gasteiger partial charge in [0, 0.05) is 44.0 Å². The normalized spacial score (nSPS) is 19.6. The molecule has 1 aromatic carbocycles. The van der Waals surface area contributed by atoms with E-state index in [4.69, 9.17) is 18.9 Å². The van der Waals surface area contributed by atoms with Crippen molar-refractivity contribution >= 4 is 28.5 Å². The monoisotopic (exact) mass is 463 g/mol. The number of carbonyl (C=O) groups excluding carboxylic acids is 1. The number of fused-ring (bicyclic) bond motifs is 2. The fraction of sp³-hybridized carbons (Fsp3) is 0.375. The van der Waals surface area contributed by atoms with E-state index in [-0.39, 0.29) is 19.0 Å². The van der Waals surface area contributed by atoms with Crippen molar-refractivity contribution in [2.24, 2.45) is 0 Å². The van der Waals surface area contributed by atoms with Crippen molar-refractivity contribution in [1.82, 2.24) is 14.9 Å². The Kier molecular flexibility index (Phi) is 5.02. The maximum absolute atomic E-state index is 12.5. The van der Waals surface area contributed by atoms with E-state index in [9.17, 15) is 4.79 Å². The molecule has 5 heterocycles. The zero-order chi connectivity index (χ0) is 23.2. The van der Waals surface area contributed by atoms with Gasteiger partial charge in [-0.1, -0.05) is 0 Å². The highest BCUT2D eigenvalue weighted by Crippen LogP contribution is 2.37. The summed E-state index contributed by atoms with van der Waals surface area (Å²) in [6.45, 7) is 3.09. The van der Waals surface area contributed by atoms with Crippen LogP contribution in [0.1, 0.15) is 0 Å². The molecule has 2 saturated heterocycles. The Labute approximate surface area is 196 Å². The molecule has 3 aliphatic rings. The molecule has 0 aliphatic carbocycles. The fourth-order valence-electron chi connectivity index (χ4n) is 4.64. The number of rotatable bonds is 6. The van der Waals surface area contributed by atoms with Crippen LogP contribution in [-0.4, -0.2) is 80.2 Å². The second-order valence-corrected chi connectivity index (χ2v) is 8.70. The minimum Gasteiger partial charge on any atom is -0.481 e. The molecule has 1 amide bonds. The van der Waals surface area contributed by atoms with Crippen molar-refractivity contribution in [3.63, 3.8) is 0 Å². The summed E-state index contributed by atoms with van der Waals surface area (Å²) < 4.78 is 21.7. The smallest absolute Gasteiger partial charge is 0.414 e. The maximum Gasteiger partial charge on any atom is 0.414 e. The van der Waals surface area contributed by atoms with E-state index in [1.54, 1.807) is 12.0 Å². The van der Waals surface area contributed by atoms with E-state index < -0.39 is 0 Å². The molecule has 3 aromatic rings. The molecule has 10 heteroatoms. The Hall–Kier alpha value is -3.79. The van der Waals surface area contributed by atoms with E-state index in [1.807, 2.05) is 42.6 Å². The average Bonchev–Trinajstić information content (AvgIpc) is 3.43. The van der Waals surface area contributed by atoms with Crippen LogP contribution in [0, 0.1) is 0 Å². The van der Waals surface area contributed by atoms with Gasteiger partial charge in [0.15, 0.2) is 11.5 Å². The Morgan fingerprint density at radius 3 is 2.82 bits per heavy atom. The summed E-state index contributed by atoms with van der Waals surface area (Å²) in [4.78, 5) is 27.7. The molecule has 0 radical (unpaired) electrons. The molecule has 6 rings (SSSR count). The molecule has 2 fully saturated rings. The number of aromatic nitrogens is 2. The lowest BCUT2D eigenvalue weighted by Crippen LogP contribution is -2.59. The topological polar surface area (TPSA) is 89.5 Å². The van der Waals surface area contributed by atoms with Gasteiger partial charge in [-0.15, -0.1) is 0 Å². The number of benzene rings is 1. The van der Waals surface area contributed by atoms with Gasteiger partial charge < -0.3 is 23.8 Å². The number of nitrogens with zero attached hydrogens (tertiary/aromatic N) is 5. The van der Waals surface area contributed by atoms with E-state index in [0.29, 0.717) is 36.5 Å². The summed E-state index contributed by atoms with van der Waals surface area (Å²) in [6, 6.07) is 11.6. The van der Waals surface area contributed by atoms with Crippen LogP contribution in [0.3, 0.4) is 0 Å². The molecule has 176 valence electrons. The largest absolute Gasteiger partial charge is 0.481 e. The van der Waals surface area contributed by atoms with Crippen LogP contribution in [-0.2, 0) is 4.74 Å². The predicted octanol–water partition coefficient (Wildman–Crippen LogP) is 2.51. The first-order chi connectivity index (χ1) is 16.6. The molecular weight excluding hydrogens is 438 g/mol. The SMILES string of the molecule is COc1ccc2nccc(N3CC(N(C)CC4CN(c5ccc6c(c5)OCO6)C(=O)O4)C3)c2n1. The first-order valence-corrected chi connectivity index (χ1v) is 11.2. The molecule has 1 atom stereocenters. The number of likely N-dealkylation sites (N-methyl/N-ethyl adjacent to an activating group) is 1. The molecule has 2 aromatic heterocycles. The molecule has 0 spiro atoms. The second-order valence-electron chi connectivity index (χ2n) is 8.70. The van der Waals surface area contributed by atoms with Crippen molar-refractivity contribution in [3.05, 3.63) is 42.6 Å². The van der Waals surface area contributed by atoms with Gasteiger partial charge in [0.1, 0.15) is 11.6 Å². The van der Waals surface area contributed by atoms with Gasteiger partial charge in [-0.2, -0.15) is 0 Å². The van der Waals surface area contributed by atoms with Crippen molar-refractivity contribution < 1.29 is 23.7 Å². The van der Waals surface area contributed by atoms with Gasteiger partial charge >= 0.3 is 6.09 Å². The van der Waals surface area contributed by atoms with Gasteiger partial charge in [-0.05, 0) is 31.3 Å². The number of methoxy groups -OCH3 is 1. The third-order valence-corrected chi connectivity index (χ3v) is 6.61. The minimum absolute atomic E-state index is 0.202. The second kappa shape index (κ2) is 8.21. The van der Waals surface area contributed by atoms with E-state index in [2.05, 4.69) is 26.8 Å². The van der Waals surface area contributed by atoms with Crippen LogP contribution in [0.2, 0.25) is 0 Å². The Balaban J connectivity index is 1.08. The zero-order valence-electron chi connectivity index (χ0n) is 19.0. The number of hydrogen-bond acceptors (Lipinski definition) is 9. The highest BCUT2D eigenvalue weighted by Gasteiger charge is 2.37. The van der Waals surface area contributed by atoms with Gasteiger partial charge in [0.05, 0.1) is 30.5 Å². The van der Waals surface area contributed by atoms with Gasteiger partial charge in [-0.25, -0.2) is 9.78 Å². The standard InChI is InChI=1S/C24H25N5O5/c1-27(12-17-13-29(24(30)34-17)15-3-5-20-21(9-15)33-14-32-20)16-10-28(11-16)19-7-8-25-18-4-6-22(31-2)26-23(18)19/h3-9,16-17H,10-14H2,1-2H3. The average molecular weight is 463 g/mol. The first-order valence-electron chi connectivity index (χ1n) is 11.2. The van der Waals surface area contributed by atoms with E-state index >= 15 is 0 Å². The third-order valence-electron chi connectivity index (χ3n) is 6.61. The van der Waals surface area contributed by atoms with Crippen LogP contribution in [0.15, 0.2) is 42.6 Å². The Morgan fingerprint density at radius 1 is 1.12 bits per heavy atom. The zero-order valence-corrected chi connectivity index (χ0v) is 19.0. The summed E-state index contributed by atoms with van der Waals surface area (Å²) >= 11 is 0. The minimum atomic E-state index is -0.337. The van der Waals surface area contributed by atoms with Crippen LogP contribution < -0.4 is 24.0 Å². The van der Waals surface area contributed by atoms with Crippen LogP contribution in [0.4, 0.5) is 16.2 Å². The highest BCUT2D eigenvalue weighted by molar-refractivity contribution is 5.90. The summed E-state index contributed by atoms with van der Waals surface area (Å²) in [7, 11) is 3.69. The number of amides is 1. The lowest BCUT2D eigenvalue weighted by atomic mass is 10.1. The number of carbonyl (C=O) groups is 1. The molecule has 0 N–H and O–H groups in total. The molecule has 34 heavy (non-hydrogen) atoms. The van der Waals surface area contributed by atoms with Gasteiger partial charge in [0.2, 0.25) is 12.7 Å². The van der Waals surface area contributed by atoms with Gasteiger partial charge in [0.25, 0.3) is 0 Å². The fourth-order valence-corrected chi connectivity index (χ4v) is 4.64. The predicted molar refractivity (Wildman–Crippen MR) is 125 cm³/mol. The molecule has 3 aliphatic heterocycles. The summed E-state index contributed by atoms with van der Waals surface area (Å²) in [5.41, 5.74) is 3.49. The van der Waals surface area contributed by atoms with Crippen LogP contribution in [0.5, 0.6) is 17.4 Å². The summed E-state index contributed by atoms with van der Waals surface area (Å²) in [5, 5.41) is 0. The van der Waals surface area contributed by atoms with Crippen molar-refractivity contribution in [3.8, 4) is 17.4 Å². The quantitative estimate of drug-likeness (QED) is 0.547. The Morgan fingerprint density at radius 2 is 1.97 bits per heavy atom. The number of anilines is 2. The molecule has 10 nitrogen and oxygen atoms in total. The molecule has 0 bridgehead atoms. The van der Waals surface area contributed by atoms with Gasteiger partial charge in [-0.3, -0.25) is 14.8 Å². The molecule has 0 saturated carbocycles. The Bertz CT molecular complexity index is 1250. The molecule has 1 unspecified atom stereocenters. The van der Waals surface area contributed by atoms with Crippen molar-refractivity contribution in [1.29, 1.82) is 0 Å². The number of hydrogen-bond donors (Lipinski definition) is 0.